The van der Waals surface area contributed by atoms with Crippen LogP contribution in [-0.4, -0.2) is 51.8 Å². The first-order valence-electron chi connectivity index (χ1n) is 5.84. The summed E-state index contributed by atoms with van der Waals surface area (Å²) in [5, 5.41) is 5.90. The van der Waals surface area contributed by atoms with Crippen LogP contribution in [0.4, 0.5) is 10.6 Å². The molecule has 1 aliphatic heterocycles. The van der Waals surface area contributed by atoms with Gasteiger partial charge in [0.15, 0.2) is 5.82 Å². The first-order valence-corrected chi connectivity index (χ1v) is 5.84. The van der Waals surface area contributed by atoms with E-state index in [2.05, 4.69) is 10.5 Å². The number of urea groups is 1. The molecule has 2 rings (SSSR count). The third-order valence-corrected chi connectivity index (χ3v) is 2.65. The molecule has 9 heteroatoms. The van der Waals surface area contributed by atoms with Crippen LogP contribution in [0.3, 0.4) is 0 Å². The molecule has 20 heavy (non-hydrogen) atoms. The van der Waals surface area contributed by atoms with Crippen LogP contribution in [-0.2, 0) is 14.4 Å². The molecule has 0 unspecified atom stereocenters. The van der Waals surface area contributed by atoms with E-state index in [9.17, 15) is 19.2 Å². The number of anilines is 1. The van der Waals surface area contributed by atoms with Crippen LogP contribution in [0.2, 0.25) is 0 Å². The van der Waals surface area contributed by atoms with E-state index in [1.54, 1.807) is 13.8 Å². The largest absolute Gasteiger partial charge is 0.360 e. The zero-order chi connectivity index (χ0) is 14.9. The Balaban J connectivity index is 2.02. The van der Waals surface area contributed by atoms with Gasteiger partial charge in [0.1, 0.15) is 12.3 Å². The lowest BCUT2D eigenvalue weighted by molar-refractivity contribution is -0.143. The minimum atomic E-state index is -1.01. The highest BCUT2D eigenvalue weighted by Gasteiger charge is 2.44. The van der Waals surface area contributed by atoms with E-state index in [0.29, 0.717) is 10.7 Å². The number of amides is 5. The molecule has 0 radical (unpaired) electrons. The van der Waals surface area contributed by atoms with Gasteiger partial charge < -0.3 is 9.84 Å². The molecule has 0 saturated carbocycles. The molecule has 106 valence electrons. The molecule has 0 atom stereocenters. The average Bonchev–Trinajstić information content (AvgIpc) is 2.88. The van der Waals surface area contributed by atoms with E-state index in [0.717, 1.165) is 4.90 Å². The molecule has 1 N–H and O–H groups in total. The second-order valence-electron chi connectivity index (χ2n) is 4.09. The number of carbonyl (C=O) groups is 4. The van der Waals surface area contributed by atoms with Crippen LogP contribution < -0.4 is 5.32 Å². The summed E-state index contributed by atoms with van der Waals surface area (Å²) < 4.78 is 4.75. The second kappa shape index (κ2) is 5.11. The third kappa shape index (κ3) is 2.37. The minimum Gasteiger partial charge on any atom is -0.360 e. The predicted molar refractivity (Wildman–Crippen MR) is 64.4 cm³/mol. The van der Waals surface area contributed by atoms with E-state index in [1.165, 1.54) is 6.07 Å². The highest BCUT2D eigenvalue weighted by atomic mass is 16.5. The van der Waals surface area contributed by atoms with Gasteiger partial charge in [-0.3, -0.25) is 19.3 Å². The number of carbonyl (C=O) groups excluding carboxylic acids is 4. The monoisotopic (exact) mass is 280 g/mol. The lowest BCUT2D eigenvalue weighted by atomic mass is 10.4. The molecule has 5 amide bonds. The summed E-state index contributed by atoms with van der Waals surface area (Å²) in [6, 6.07) is 0.684. The van der Waals surface area contributed by atoms with Crippen LogP contribution in [0, 0.1) is 6.92 Å². The molecule has 1 aromatic heterocycles. The first-order chi connectivity index (χ1) is 9.43. The zero-order valence-corrected chi connectivity index (χ0v) is 10.9. The van der Waals surface area contributed by atoms with Crippen LogP contribution in [0.1, 0.15) is 12.7 Å². The average molecular weight is 280 g/mol. The predicted octanol–water partition coefficient (Wildman–Crippen LogP) is -0.268. The molecule has 1 saturated heterocycles. The van der Waals surface area contributed by atoms with Crippen molar-refractivity contribution in [2.75, 3.05) is 18.4 Å². The number of imide groups is 2. The van der Waals surface area contributed by atoms with Crippen LogP contribution in [0.5, 0.6) is 0 Å². The molecule has 2 heterocycles. The summed E-state index contributed by atoms with van der Waals surface area (Å²) in [4.78, 5) is 47.8. The summed E-state index contributed by atoms with van der Waals surface area (Å²) in [6.07, 6.45) is 0. The smallest absolute Gasteiger partial charge is 0.334 e. The van der Waals surface area contributed by atoms with Crippen molar-refractivity contribution >= 4 is 29.6 Å². The molecule has 0 aliphatic carbocycles. The van der Waals surface area contributed by atoms with E-state index in [1.807, 2.05) is 0 Å². The van der Waals surface area contributed by atoms with E-state index >= 15 is 0 Å². The third-order valence-electron chi connectivity index (χ3n) is 2.65. The Morgan fingerprint density at radius 3 is 2.45 bits per heavy atom. The van der Waals surface area contributed by atoms with Crippen molar-refractivity contribution in [2.45, 2.75) is 13.8 Å². The Morgan fingerprint density at radius 2 is 1.95 bits per heavy atom. The van der Waals surface area contributed by atoms with E-state index in [4.69, 9.17) is 4.52 Å². The lowest BCUT2D eigenvalue weighted by Gasteiger charge is -2.13. The quantitative estimate of drug-likeness (QED) is 0.600. The molecular formula is C11H12N4O5. The Morgan fingerprint density at radius 1 is 1.30 bits per heavy atom. The normalized spacial score (nSPS) is 15.2. The van der Waals surface area contributed by atoms with Gasteiger partial charge in [0.25, 0.3) is 0 Å². The van der Waals surface area contributed by atoms with Crippen molar-refractivity contribution in [1.29, 1.82) is 0 Å². The van der Waals surface area contributed by atoms with Crippen LogP contribution in [0.15, 0.2) is 10.6 Å². The standard InChI is InChI=1S/C11H12N4O5/c1-3-14-9(17)10(18)15(11(14)19)5-8(16)12-7-4-6(2)20-13-7/h4H,3,5H2,1-2H3,(H,12,13,16). The Bertz CT molecular complexity index is 593. The second-order valence-corrected chi connectivity index (χ2v) is 4.09. The number of rotatable bonds is 4. The van der Waals surface area contributed by atoms with E-state index < -0.39 is 30.3 Å². The van der Waals surface area contributed by atoms with Gasteiger partial charge in [0.05, 0.1) is 0 Å². The van der Waals surface area contributed by atoms with Gasteiger partial charge in [-0.15, -0.1) is 0 Å². The summed E-state index contributed by atoms with van der Waals surface area (Å²) in [6.45, 7) is 2.73. The highest BCUT2D eigenvalue weighted by molar-refractivity contribution is 6.45. The van der Waals surface area contributed by atoms with Crippen molar-refractivity contribution in [1.82, 2.24) is 15.0 Å². The Kier molecular flexibility index (Phi) is 3.51. The Hall–Kier alpha value is -2.71. The number of hydrogen-bond donors (Lipinski definition) is 1. The van der Waals surface area contributed by atoms with Crippen LogP contribution in [0.25, 0.3) is 0 Å². The summed E-state index contributed by atoms with van der Waals surface area (Å²) in [5.74, 6) is -1.91. The van der Waals surface area contributed by atoms with Gasteiger partial charge in [0.2, 0.25) is 5.91 Å². The van der Waals surface area contributed by atoms with Gasteiger partial charge in [-0.1, -0.05) is 5.16 Å². The number of nitrogens with zero attached hydrogens (tertiary/aromatic N) is 3. The minimum absolute atomic E-state index is 0.0734. The number of aromatic nitrogens is 1. The van der Waals surface area contributed by atoms with Crippen molar-refractivity contribution in [3.8, 4) is 0 Å². The fraction of sp³-hybridized carbons (Fsp3) is 0.364. The molecule has 0 spiro atoms. The number of hydrogen-bond acceptors (Lipinski definition) is 6. The highest BCUT2D eigenvalue weighted by Crippen LogP contribution is 2.12. The van der Waals surface area contributed by atoms with Gasteiger partial charge in [-0.2, -0.15) is 0 Å². The molecular weight excluding hydrogens is 268 g/mol. The van der Waals surface area contributed by atoms with Gasteiger partial charge >= 0.3 is 17.8 Å². The number of nitrogens with one attached hydrogen (secondary N) is 1. The zero-order valence-electron chi connectivity index (χ0n) is 10.9. The Labute approximate surface area is 113 Å². The fourth-order valence-electron chi connectivity index (χ4n) is 1.72. The fourth-order valence-corrected chi connectivity index (χ4v) is 1.72. The van der Waals surface area contributed by atoms with E-state index in [-0.39, 0.29) is 12.4 Å². The van der Waals surface area contributed by atoms with Gasteiger partial charge in [-0.05, 0) is 13.8 Å². The molecule has 1 aliphatic rings. The van der Waals surface area contributed by atoms with Crippen molar-refractivity contribution in [2.24, 2.45) is 0 Å². The molecule has 0 bridgehead atoms. The maximum Gasteiger partial charge on any atom is 0.334 e. The summed E-state index contributed by atoms with van der Waals surface area (Å²) >= 11 is 0. The lowest BCUT2D eigenvalue weighted by Crippen LogP contribution is -2.39. The number of likely N-dealkylation sites (N-methyl/N-ethyl adjacent to an activating group) is 1. The molecule has 9 nitrogen and oxygen atoms in total. The van der Waals surface area contributed by atoms with Gasteiger partial charge in [-0.25, -0.2) is 9.69 Å². The molecule has 1 fully saturated rings. The topological polar surface area (TPSA) is 113 Å². The van der Waals surface area contributed by atoms with Crippen molar-refractivity contribution < 1.29 is 23.7 Å². The SMILES string of the molecule is CCN1C(=O)C(=O)N(CC(=O)Nc2cc(C)on2)C1=O. The number of aryl methyl sites for hydroxylation is 1. The summed E-state index contributed by atoms with van der Waals surface area (Å²) in [5.41, 5.74) is 0. The van der Waals surface area contributed by atoms with Gasteiger partial charge in [0, 0.05) is 12.6 Å². The van der Waals surface area contributed by atoms with Crippen molar-refractivity contribution in [3.05, 3.63) is 11.8 Å². The van der Waals surface area contributed by atoms with Crippen LogP contribution >= 0.6 is 0 Å². The maximum absolute atomic E-state index is 11.7. The molecule has 1 aromatic rings. The first kappa shape index (κ1) is 13.7. The van der Waals surface area contributed by atoms with Crippen molar-refractivity contribution in [3.63, 3.8) is 0 Å². The maximum atomic E-state index is 11.7. The summed E-state index contributed by atoms with van der Waals surface area (Å²) in [7, 11) is 0. The molecule has 0 aromatic carbocycles.